The largest absolute Gasteiger partial charge is 0.395 e. The van der Waals surface area contributed by atoms with Gasteiger partial charge in [-0.2, -0.15) is 0 Å². The van der Waals surface area contributed by atoms with E-state index in [-0.39, 0.29) is 12.4 Å². The van der Waals surface area contributed by atoms with Gasteiger partial charge in [-0.3, -0.25) is 4.79 Å². The number of rotatable bonds is 5. The van der Waals surface area contributed by atoms with E-state index in [1.165, 1.54) is 0 Å². The van der Waals surface area contributed by atoms with E-state index in [9.17, 15) is 9.90 Å². The maximum absolute atomic E-state index is 12.1. The minimum absolute atomic E-state index is 0.0230. The Labute approximate surface area is 169 Å². The molecule has 8 nitrogen and oxygen atoms in total. The summed E-state index contributed by atoms with van der Waals surface area (Å²) in [6.45, 7) is 5.83. The van der Waals surface area contributed by atoms with E-state index in [1.54, 1.807) is 19.1 Å². The SMILES string of the molecule is CC1=CC(=Nc2c(N3CCN(C)CC3)nn3ccccc23)C(NCCO)=CC1=O. The van der Waals surface area contributed by atoms with Gasteiger partial charge in [0.2, 0.25) is 0 Å². The van der Waals surface area contributed by atoms with Crippen LogP contribution in [0.3, 0.4) is 0 Å². The quantitative estimate of drug-likeness (QED) is 0.740. The third kappa shape index (κ3) is 3.94. The molecule has 152 valence electrons. The van der Waals surface area contributed by atoms with Crippen LogP contribution < -0.4 is 10.2 Å². The molecule has 2 aliphatic rings. The van der Waals surface area contributed by atoms with Crippen molar-refractivity contribution in [2.45, 2.75) is 6.92 Å². The molecule has 0 spiro atoms. The second kappa shape index (κ2) is 8.18. The number of aliphatic imine (C=N–C) groups is 1. The number of hydrogen-bond donors (Lipinski definition) is 2. The molecular formula is C21H26N6O2. The van der Waals surface area contributed by atoms with Gasteiger partial charge in [0.1, 0.15) is 5.69 Å². The van der Waals surface area contributed by atoms with Gasteiger partial charge in [0, 0.05) is 45.0 Å². The molecule has 1 saturated heterocycles. The number of carbonyl (C=O) groups is 1. The Morgan fingerprint density at radius 1 is 1.21 bits per heavy atom. The monoisotopic (exact) mass is 394 g/mol. The van der Waals surface area contributed by atoms with Crippen LogP contribution in [0.1, 0.15) is 6.92 Å². The van der Waals surface area contributed by atoms with Crippen molar-refractivity contribution >= 4 is 28.5 Å². The Balaban J connectivity index is 1.80. The summed E-state index contributed by atoms with van der Waals surface area (Å²) in [4.78, 5) is 21.7. The number of piperazine rings is 1. The smallest absolute Gasteiger partial charge is 0.183 e. The van der Waals surface area contributed by atoms with Crippen molar-refractivity contribution in [1.82, 2.24) is 19.8 Å². The molecule has 2 aromatic rings. The number of ketones is 1. The number of carbonyl (C=O) groups excluding carboxylic acids is 1. The molecule has 0 aromatic carbocycles. The summed E-state index contributed by atoms with van der Waals surface area (Å²) in [6, 6.07) is 5.92. The molecule has 1 fully saturated rings. The molecular weight excluding hydrogens is 368 g/mol. The second-order valence-electron chi connectivity index (χ2n) is 7.39. The van der Waals surface area contributed by atoms with Gasteiger partial charge in [0.05, 0.1) is 23.5 Å². The van der Waals surface area contributed by atoms with Gasteiger partial charge < -0.3 is 20.2 Å². The van der Waals surface area contributed by atoms with E-state index >= 15 is 0 Å². The van der Waals surface area contributed by atoms with Crippen LogP contribution in [0.5, 0.6) is 0 Å². The summed E-state index contributed by atoms with van der Waals surface area (Å²) in [6.07, 6.45) is 5.26. The van der Waals surface area contributed by atoms with E-state index in [2.05, 4.69) is 22.2 Å². The van der Waals surface area contributed by atoms with Gasteiger partial charge in [-0.15, -0.1) is 5.10 Å². The maximum Gasteiger partial charge on any atom is 0.183 e. The lowest BCUT2D eigenvalue weighted by Gasteiger charge is -2.32. The van der Waals surface area contributed by atoms with Crippen molar-refractivity contribution in [3.05, 3.63) is 47.8 Å². The number of pyridine rings is 1. The number of aliphatic hydroxyl groups excluding tert-OH is 1. The highest BCUT2D eigenvalue weighted by atomic mass is 16.3. The van der Waals surface area contributed by atoms with Crippen LogP contribution in [0.25, 0.3) is 5.52 Å². The fourth-order valence-electron chi connectivity index (χ4n) is 3.53. The molecule has 2 N–H and O–H groups in total. The molecule has 0 unspecified atom stereocenters. The average Bonchev–Trinajstić information content (AvgIpc) is 3.08. The number of aromatic nitrogens is 2. The highest BCUT2D eigenvalue weighted by Crippen LogP contribution is 2.34. The van der Waals surface area contributed by atoms with Crippen LogP contribution in [-0.4, -0.2) is 77.5 Å². The molecule has 1 aliphatic carbocycles. The molecule has 0 atom stereocenters. The summed E-state index contributed by atoms with van der Waals surface area (Å²) in [7, 11) is 2.12. The van der Waals surface area contributed by atoms with Gasteiger partial charge in [0.25, 0.3) is 0 Å². The van der Waals surface area contributed by atoms with E-state index in [4.69, 9.17) is 10.1 Å². The summed E-state index contributed by atoms with van der Waals surface area (Å²) >= 11 is 0. The zero-order valence-corrected chi connectivity index (χ0v) is 16.8. The van der Waals surface area contributed by atoms with Gasteiger partial charge in [0.15, 0.2) is 11.6 Å². The lowest BCUT2D eigenvalue weighted by Crippen LogP contribution is -2.44. The minimum Gasteiger partial charge on any atom is -0.395 e. The topological polar surface area (TPSA) is 85.5 Å². The number of hydrogen-bond acceptors (Lipinski definition) is 7. The van der Waals surface area contributed by atoms with Crippen LogP contribution in [0.2, 0.25) is 0 Å². The summed E-state index contributed by atoms with van der Waals surface area (Å²) in [5.74, 6) is 0.796. The number of nitrogens with one attached hydrogen (secondary N) is 1. The number of fused-ring (bicyclic) bond motifs is 1. The van der Waals surface area contributed by atoms with E-state index in [1.807, 2.05) is 28.9 Å². The molecule has 1 aliphatic heterocycles. The lowest BCUT2D eigenvalue weighted by atomic mass is 10.0. The first-order valence-corrected chi connectivity index (χ1v) is 9.86. The van der Waals surface area contributed by atoms with E-state index in [0.29, 0.717) is 23.5 Å². The molecule has 0 radical (unpaired) electrons. The first-order chi connectivity index (χ1) is 14.1. The van der Waals surface area contributed by atoms with Gasteiger partial charge >= 0.3 is 0 Å². The maximum atomic E-state index is 12.1. The van der Waals surface area contributed by atoms with Crippen molar-refractivity contribution in [1.29, 1.82) is 0 Å². The Bertz CT molecular complexity index is 1010. The van der Waals surface area contributed by atoms with Crippen LogP contribution in [0.4, 0.5) is 11.5 Å². The van der Waals surface area contributed by atoms with E-state index in [0.717, 1.165) is 43.2 Å². The summed E-state index contributed by atoms with van der Waals surface area (Å²) < 4.78 is 1.85. The minimum atomic E-state index is -0.0523. The number of anilines is 1. The predicted octanol–water partition coefficient (Wildman–Crippen LogP) is 1.15. The Kier molecular flexibility index (Phi) is 5.46. The van der Waals surface area contributed by atoms with Crippen LogP contribution in [0.15, 0.2) is 52.8 Å². The first kappa shape index (κ1) is 19.4. The third-order valence-electron chi connectivity index (χ3n) is 5.25. The lowest BCUT2D eigenvalue weighted by molar-refractivity contribution is -0.111. The molecule has 2 aromatic heterocycles. The zero-order valence-electron chi connectivity index (χ0n) is 16.8. The highest BCUT2D eigenvalue weighted by molar-refractivity contribution is 6.22. The number of nitrogens with zero attached hydrogens (tertiary/aromatic N) is 5. The fraction of sp³-hybridized carbons (Fsp3) is 0.381. The first-order valence-electron chi connectivity index (χ1n) is 9.86. The number of aliphatic hydroxyl groups is 1. The summed E-state index contributed by atoms with van der Waals surface area (Å²) in [5.41, 5.74) is 3.63. The van der Waals surface area contributed by atoms with Crippen molar-refractivity contribution < 1.29 is 9.90 Å². The molecule has 3 heterocycles. The molecule has 29 heavy (non-hydrogen) atoms. The Hall–Kier alpha value is -2.97. The third-order valence-corrected chi connectivity index (χ3v) is 5.25. The van der Waals surface area contributed by atoms with Crippen molar-refractivity contribution in [3.8, 4) is 0 Å². The molecule has 8 heteroatoms. The normalized spacial score (nSPS) is 19.6. The predicted molar refractivity (Wildman–Crippen MR) is 114 cm³/mol. The Morgan fingerprint density at radius 3 is 2.76 bits per heavy atom. The van der Waals surface area contributed by atoms with Crippen molar-refractivity contribution in [3.63, 3.8) is 0 Å². The van der Waals surface area contributed by atoms with Crippen LogP contribution >= 0.6 is 0 Å². The van der Waals surface area contributed by atoms with Gasteiger partial charge in [-0.1, -0.05) is 6.07 Å². The summed E-state index contributed by atoms with van der Waals surface area (Å²) in [5, 5.41) is 17.1. The number of likely N-dealkylation sites (N-methyl/N-ethyl adjacent to an activating group) is 1. The number of allylic oxidation sites excluding steroid dienone is 3. The molecule has 4 rings (SSSR count). The fourth-order valence-corrected chi connectivity index (χ4v) is 3.53. The second-order valence-corrected chi connectivity index (χ2v) is 7.39. The van der Waals surface area contributed by atoms with Crippen LogP contribution in [0, 0.1) is 0 Å². The molecule has 0 bridgehead atoms. The highest BCUT2D eigenvalue weighted by Gasteiger charge is 2.23. The van der Waals surface area contributed by atoms with Crippen molar-refractivity contribution in [2.75, 3.05) is 51.3 Å². The Morgan fingerprint density at radius 2 is 2.00 bits per heavy atom. The standard InChI is InChI=1S/C21H26N6O2/c1-15-13-17(16(14-19(15)29)22-6-12-28)23-20-18-5-3-4-7-27(18)24-21(20)26-10-8-25(2)9-11-26/h3-5,7,13-14,22,28H,6,8-12H2,1-2H3. The average molecular weight is 394 g/mol. The van der Waals surface area contributed by atoms with E-state index < -0.39 is 0 Å². The molecule has 0 saturated carbocycles. The zero-order chi connectivity index (χ0) is 20.4. The van der Waals surface area contributed by atoms with Gasteiger partial charge in [-0.25, -0.2) is 9.51 Å². The van der Waals surface area contributed by atoms with Gasteiger partial charge in [-0.05, 0) is 37.8 Å². The molecule has 0 amide bonds. The van der Waals surface area contributed by atoms with Crippen molar-refractivity contribution in [2.24, 2.45) is 4.99 Å². The van der Waals surface area contributed by atoms with Crippen LogP contribution in [-0.2, 0) is 4.79 Å².